The fraction of sp³-hybridized carbons (Fsp3) is 0.364. The first-order valence-electron chi connectivity index (χ1n) is 5.24. The van der Waals surface area contributed by atoms with E-state index in [0.717, 1.165) is 6.07 Å². The third-order valence-corrected chi connectivity index (χ3v) is 2.33. The molecular formula is C11H14N2O5. The molecule has 2 N–H and O–H groups in total. The molecule has 1 unspecified atom stereocenters. The Balaban J connectivity index is 3.07. The third-order valence-electron chi connectivity index (χ3n) is 2.33. The number of amides is 1. The SMILES string of the molecule is CC(O)CN(C)C(=O)c1cccc([N+](=O)[O-])c1O. The Morgan fingerprint density at radius 3 is 2.67 bits per heavy atom. The van der Waals surface area contributed by atoms with Crippen LogP contribution >= 0.6 is 0 Å². The van der Waals surface area contributed by atoms with Crippen molar-refractivity contribution in [1.82, 2.24) is 4.90 Å². The number of hydrogen-bond donors (Lipinski definition) is 2. The molecule has 1 aromatic carbocycles. The zero-order valence-corrected chi connectivity index (χ0v) is 10.0. The molecule has 1 atom stereocenters. The van der Waals surface area contributed by atoms with E-state index in [9.17, 15) is 20.0 Å². The van der Waals surface area contributed by atoms with Crippen molar-refractivity contribution in [2.24, 2.45) is 0 Å². The molecule has 1 aromatic rings. The molecule has 1 rings (SSSR count). The highest BCUT2D eigenvalue weighted by molar-refractivity contribution is 5.97. The van der Waals surface area contributed by atoms with Crippen LogP contribution in [0.2, 0.25) is 0 Å². The first-order chi connectivity index (χ1) is 8.34. The summed E-state index contributed by atoms with van der Waals surface area (Å²) in [4.78, 5) is 23.0. The zero-order valence-electron chi connectivity index (χ0n) is 10.0. The van der Waals surface area contributed by atoms with E-state index in [2.05, 4.69) is 0 Å². The number of likely N-dealkylation sites (N-methyl/N-ethyl adjacent to an activating group) is 1. The average molecular weight is 254 g/mol. The van der Waals surface area contributed by atoms with Gasteiger partial charge in [-0.25, -0.2) is 0 Å². The van der Waals surface area contributed by atoms with Crippen molar-refractivity contribution in [3.8, 4) is 5.75 Å². The molecule has 0 saturated heterocycles. The van der Waals surface area contributed by atoms with Crippen LogP contribution in [0.5, 0.6) is 5.75 Å². The Bertz CT molecular complexity index is 473. The molecule has 0 radical (unpaired) electrons. The molecule has 0 spiro atoms. The summed E-state index contributed by atoms with van der Waals surface area (Å²) in [6, 6.07) is 3.73. The predicted molar refractivity (Wildman–Crippen MR) is 63.4 cm³/mol. The van der Waals surface area contributed by atoms with Crippen LogP contribution < -0.4 is 0 Å². The second kappa shape index (κ2) is 5.46. The third kappa shape index (κ3) is 2.95. The summed E-state index contributed by atoms with van der Waals surface area (Å²) in [6.45, 7) is 1.58. The van der Waals surface area contributed by atoms with E-state index in [-0.39, 0.29) is 12.1 Å². The van der Waals surface area contributed by atoms with Crippen molar-refractivity contribution in [3.63, 3.8) is 0 Å². The summed E-state index contributed by atoms with van der Waals surface area (Å²) in [5.74, 6) is -1.25. The van der Waals surface area contributed by atoms with Gasteiger partial charge in [0.15, 0.2) is 0 Å². The molecule has 0 aromatic heterocycles. The van der Waals surface area contributed by atoms with Crippen LogP contribution in [-0.4, -0.2) is 45.6 Å². The summed E-state index contributed by atoms with van der Waals surface area (Å²) < 4.78 is 0. The van der Waals surface area contributed by atoms with E-state index >= 15 is 0 Å². The number of aliphatic hydroxyl groups is 1. The van der Waals surface area contributed by atoms with Crippen molar-refractivity contribution >= 4 is 11.6 Å². The normalized spacial score (nSPS) is 11.9. The molecule has 0 heterocycles. The molecule has 98 valence electrons. The lowest BCUT2D eigenvalue weighted by atomic mass is 10.1. The number of nitrogens with zero attached hydrogens (tertiary/aromatic N) is 2. The first-order valence-corrected chi connectivity index (χ1v) is 5.24. The number of benzene rings is 1. The van der Waals surface area contributed by atoms with Gasteiger partial charge < -0.3 is 15.1 Å². The van der Waals surface area contributed by atoms with Crippen LogP contribution in [-0.2, 0) is 0 Å². The molecule has 0 bridgehead atoms. The van der Waals surface area contributed by atoms with Gasteiger partial charge in [-0.2, -0.15) is 0 Å². The molecule has 0 fully saturated rings. The van der Waals surface area contributed by atoms with Gasteiger partial charge in [-0.3, -0.25) is 14.9 Å². The summed E-state index contributed by atoms with van der Waals surface area (Å²) in [5.41, 5.74) is -0.682. The van der Waals surface area contributed by atoms with Crippen molar-refractivity contribution in [3.05, 3.63) is 33.9 Å². The standard InChI is InChI=1S/C11H14N2O5/c1-7(14)6-12(2)11(16)8-4-3-5-9(10(8)15)13(17)18/h3-5,7,14-15H,6H2,1-2H3. The molecule has 0 aliphatic carbocycles. The van der Waals surface area contributed by atoms with Gasteiger partial charge >= 0.3 is 5.69 Å². The maximum Gasteiger partial charge on any atom is 0.311 e. The van der Waals surface area contributed by atoms with Gasteiger partial charge in [0.1, 0.15) is 0 Å². The number of hydrogen-bond acceptors (Lipinski definition) is 5. The number of para-hydroxylation sites is 1. The molecule has 0 saturated carbocycles. The van der Waals surface area contributed by atoms with Gasteiger partial charge in [-0.1, -0.05) is 6.07 Å². The van der Waals surface area contributed by atoms with Crippen molar-refractivity contribution < 1.29 is 19.9 Å². The molecule has 18 heavy (non-hydrogen) atoms. The average Bonchev–Trinajstić information content (AvgIpc) is 2.27. The smallest absolute Gasteiger partial charge is 0.311 e. The lowest BCUT2D eigenvalue weighted by Gasteiger charge is -2.19. The summed E-state index contributed by atoms with van der Waals surface area (Å²) in [5, 5.41) is 29.5. The van der Waals surface area contributed by atoms with Crippen LogP contribution in [0.15, 0.2) is 18.2 Å². The number of nitro benzene ring substituents is 1. The van der Waals surface area contributed by atoms with E-state index in [1.807, 2.05) is 0 Å². The van der Waals surface area contributed by atoms with Gasteiger partial charge in [0.2, 0.25) is 5.75 Å². The maximum absolute atomic E-state index is 11.9. The molecular weight excluding hydrogens is 240 g/mol. The highest BCUT2D eigenvalue weighted by Crippen LogP contribution is 2.29. The highest BCUT2D eigenvalue weighted by Gasteiger charge is 2.23. The Kier molecular flexibility index (Phi) is 4.22. The lowest BCUT2D eigenvalue weighted by Crippen LogP contribution is -2.33. The minimum absolute atomic E-state index is 0.0704. The largest absolute Gasteiger partial charge is 0.502 e. The minimum atomic E-state index is -0.763. The van der Waals surface area contributed by atoms with E-state index < -0.39 is 28.4 Å². The zero-order chi connectivity index (χ0) is 13.9. The van der Waals surface area contributed by atoms with Gasteiger partial charge in [-0.15, -0.1) is 0 Å². The summed E-state index contributed by atoms with van der Waals surface area (Å²) in [7, 11) is 1.44. The summed E-state index contributed by atoms with van der Waals surface area (Å²) in [6.07, 6.45) is -0.722. The second-order valence-electron chi connectivity index (χ2n) is 3.97. The van der Waals surface area contributed by atoms with Crippen LogP contribution in [0.4, 0.5) is 5.69 Å². The maximum atomic E-state index is 11.9. The minimum Gasteiger partial charge on any atom is -0.502 e. The van der Waals surface area contributed by atoms with Crippen LogP contribution in [0.1, 0.15) is 17.3 Å². The quantitative estimate of drug-likeness (QED) is 0.609. The number of aromatic hydroxyl groups is 1. The molecule has 0 aliphatic rings. The van der Waals surface area contributed by atoms with Gasteiger partial charge in [-0.05, 0) is 13.0 Å². The van der Waals surface area contributed by atoms with Crippen LogP contribution in [0.25, 0.3) is 0 Å². The predicted octanol–water partition coefficient (Wildman–Crippen LogP) is 0.753. The van der Waals surface area contributed by atoms with E-state index in [0.29, 0.717) is 0 Å². The molecule has 7 nitrogen and oxygen atoms in total. The van der Waals surface area contributed by atoms with Gasteiger partial charge in [0.05, 0.1) is 16.6 Å². The molecule has 7 heteroatoms. The van der Waals surface area contributed by atoms with Gasteiger partial charge in [0, 0.05) is 19.7 Å². The number of rotatable bonds is 4. The number of nitro groups is 1. The Labute approximate surface area is 103 Å². The van der Waals surface area contributed by atoms with Crippen LogP contribution in [0, 0.1) is 10.1 Å². The number of carbonyl (C=O) groups is 1. The Morgan fingerprint density at radius 1 is 1.56 bits per heavy atom. The van der Waals surface area contributed by atoms with Crippen molar-refractivity contribution in [2.45, 2.75) is 13.0 Å². The number of phenols is 1. The number of aliphatic hydroxyl groups excluding tert-OH is 1. The second-order valence-corrected chi connectivity index (χ2v) is 3.97. The Morgan fingerprint density at radius 2 is 2.17 bits per heavy atom. The summed E-state index contributed by atoms with van der Waals surface area (Å²) >= 11 is 0. The van der Waals surface area contributed by atoms with Gasteiger partial charge in [0.25, 0.3) is 5.91 Å². The molecule has 0 aliphatic heterocycles. The van der Waals surface area contributed by atoms with Crippen molar-refractivity contribution in [2.75, 3.05) is 13.6 Å². The molecule has 1 amide bonds. The topological polar surface area (TPSA) is 104 Å². The van der Waals surface area contributed by atoms with Crippen molar-refractivity contribution in [1.29, 1.82) is 0 Å². The van der Waals surface area contributed by atoms with E-state index in [1.165, 1.54) is 31.0 Å². The first kappa shape index (κ1) is 13.9. The highest BCUT2D eigenvalue weighted by atomic mass is 16.6. The van der Waals surface area contributed by atoms with E-state index in [1.54, 1.807) is 0 Å². The van der Waals surface area contributed by atoms with Crippen LogP contribution in [0.3, 0.4) is 0 Å². The van der Waals surface area contributed by atoms with E-state index in [4.69, 9.17) is 5.11 Å². The number of phenolic OH excluding ortho intramolecular Hbond substituents is 1. The monoisotopic (exact) mass is 254 g/mol. The fourth-order valence-corrected chi connectivity index (χ4v) is 1.54. The Hall–Kier alpha value is -2.15. The fourth-order valence-electron chi connectivity index (χ4n) is 1.54. The lowest BCUT2D eigenvalue weighted by molar-refractivity contribution is -0.385. The number of carbonyl (C=O) groups excluding carboxylic acids is 1.